The molecular weight excluding hydrogens is 156 g/mol. The van der Waals surface area contributed by atoms with E-state index >= 15 is 0 Å². The lowest BCUT2D eigenvalue weighted by atomic mass is 10.6. The van der Waals surface area contributed by atoms with Gasteiger partial charge in [-0.2, -0.15) is 0 Å². The largest absolute Gasteiger partial charge is 0.445 e. The van der Waals surface area contributed by atoms with Gasteiger partial charge in [0.15, 0.2) is 0 Å². The van der Waals surface area contributed by atoms with Crippen molar-refractivity contribution in [3.63, 3.8) is 0 Å². The molecule has 1 amide bonds. The van der Waals surface area contributed by atoms with E-state index < -0.39 is 0 Å². The Bertz CT molecular complexity index is 148. The number of ether oxygens (including phenoxy) is 1. The highest BCUT2D eigenvalue weighted by molar-refractivity contribution is 5.67. The number of nitrogens with zero attached hydrogens (tertiary/aromatic N) is 1. The highest BCUT2D eigenvalue weighted by Gasteiger charge is 2.06. The summed E-state index contributed by atoms with van der Waals surface area (Å²) < 4.78 is 4.79. The molecule has 0 heterocycles. The first-order valence-electron chi connectivity index (χ1n) is 3.85. The molecule has 0 radical (unpaired) electrons. The molecule has 4 heteroatoms. The van der Waals surface area contributed by atoms with Crippen molar-refractivity contribution in [2.45, 2.75) is 0 Å². The minimum absolute atomic E-state index is 0.267. The van der Waals surface area contributed by atoms with Crippen LogP contribution in [-0.2, 0) is 4.74 Å². The second-order valence-electron chi connectivity index (χ2n) is 2.39. The third-order valence-electron chi connectivity index (χ3n) is 1.33. The molecule has 70 valence electrons. The van der Waals surface area contributed by atoms with E-state index in [9.17, 15) is 4.79 Å². The van der Waals surface area contributed by atoms with Gasteiger partial charge in [-0.25, -0.2) is 4.79 Å². The van der Waals surface area contributed by atoms with E-state index in [1.54, 1.807) is 13.1 Å². The maximum absolute atomic E-state index is 11.0. The first-order valence-corrected chi connectivity index (χ1v) is 3.85. The lowest BCUT2D eigenvalue weighted by Crippen LogP contribution is -2.33. The Morgan fingerprint density at radius 3 is 2.92 bits per heavy atom. The predicted octanol–water partition coefficient (Wildman–Crippen LogP) is 0.460. The minimum atomic E-state index is -0.315. The molecule has 0 aliphatic heterocycles. The molecule has 0 aromatic carbocycles. The van der Waals surface area contributed by atoms with E-state index in [2.05, 4.69) is 11.9 Å². The third-order valence-corrected chi connectivity index (χ3v) is 1.33. The molecule has 0 rings (SSSR count). The first kappa shape index (κ1) is 11.0. The van der Waals surface area contributed by atoms with Crippen LogP contribution in [0.25, 0.3) is 0 Å². The van der Waals surface area contributed by atoms with E-state index in [0.29, 0.717) is 6.54 Å². The topological polar surface area (TPSA) is 41.6 Å². The molecule has 4 nitrogen and oxygen atoms in total. The monoisotopic (exact) mass is 172 g/mol. The summed E-state index contributed by atoms with van der Waals surface area (Å²) in [5, 5.41) is 2.94. The Morgan fingerprint density at radius 1 is 1.75 bits per heavy atom. The highest BCUT2D eigenvalue weighted by atomic mass is 16.6. The van der Waals surface area contributed by atoms with Crippen molar-refractivity contribution in [1.29, 1.82) is 0 Å². The second-order valence-corrected chi connectivity index (χ2v) is 2.39. The molecule has 0 aliphatic carbocycles. The number of hydrogen-bond acceptors (Lipinski definition) is 3. The Labute approximate surface area is 73.2 Å². The van der Waals surface area contributed by atoms with Gasteiger partial charge in [0.25, 0.3) is 0 Å². The van der Waals surface area contributed by atoms with Crippen LogP contribution in [0.4, 0.5) is 4.79 Å². The van der Waals surface area contributed by atoms with Crippen LogP contribution in [0.15, 0.2) is 12.7 Å². The first-order chi connectivity index (χ1) is 5.72. The Kier molecular flexibility index (Phi) is 6.09. The zero-order valence-electron chi connectivity index (χ0n) is 7.67. The molecule has 12 heavy (non-hydrogen) atoms. The normalized spacial score (nSPS) is 9.17. The van der Waals surface area contributed by atoms with Crippen molar-refractivity contribution in [1.82, 2.24) is 10.2 Å². The molecule has 0 spiro atoms. The van der Waals surface area contributed by atoms with Gasteiger partial charge in [-0.05, 0) is 7.05 Å². The average Bonchev–Trinajstić information content (AvgIpc) is 2.10. The van der Waals surface area contributed by atoms with Gasteiger partial charge in [-0.15, -0.1) is 0 Å². The number of nitrogens with one attached hydrogen (secondary N) is 1. The fourth-order valence-electron chi connectivity index (χ4n) is 0.611. The van der Waals surface area contributed by atoms with E-state index in [0.717, 1.165) is 6.54 Å². The van der Waals surface area contributed by atoms with Crippen LogP contribution in [-0.4, -0.2) is 44.8 Å². The third kappa shape index (κ3) is 4.73. The Morgan fingerprint density at radius 2 is 2.42 bits per heavy atom. The fraction of sp³-hybridized carbons (Fsp3) is 0.625. The van der Waals surface area contributed by atoms with Gasteiger partial charge in [-0.1, -0.05) is 12.7 Å². The van der Waals surface area contributed by atoms with E-state index in [1.807, 2.05) is 7.05 Å². The summed E-state index contributed by atoms with van der Waals surface area (Å²) in [6.07, 6.45) is 1.23. The quantitative estimate of drug-likeness (QED) is 0.612. The Hall–Kier alpha value is -1.03. The molecule has 0 aromatic heterocycles. The van der Waals surface area contributed by atoms with Gasteiger partial charge in [0.2, 0.25) is 0 Å². The van der Waals surface area contributed by atoms with Gasteiger partial charge in [0, 0.05) is 20.1 Å². The summed E-state index contributed by atoms with van der Waals surface area (Å²) in [6, 6.07) is 0. The molecule has 0 aliphatic rings. The van der Waals surface area contributed by atoms with Crippen LogP contribution in [0.3, 0.4) is 0 Å². The second kappa shape index (κ2) is 6.67. The molecule has 0 fully saturated rings. The standard InChI is InChI=1S/C8H16N2O2/c1-4-7-12-8(11)10(3)6-5-9-2/h4,9H,1,5-7H2,2-3H3. The number of carbonyl (C=O) groups is 1. The van der Waals surface area contributed by atoms with Crippen molar-refractivity contribution >= 4 is 6.09 Å². The average molecular weight is 172 g/mol. The molecule has 0 unspecified atom stereocenters. The number of amides is 1. The van der Waals surface area contributed by atoms with Crippen LogP contribution in [0.2, 0.25) is 0 Å². The van der Waals surface area contributed by atoms with Crippen LogP contribution in [0.1, 0.15) is 0 Å². The molecule has 0 bridgehead atoms. The summed E-state index contributed by atoms with van der Waals surface area (Å²) >= 11 is 0. The maximum atomic E-state index is 11.0. The van der Waals surface area contributed by atoms with Crippen molar-refractivity contribution < 1.29 is 9.53 Å². The lowest BCUT2D eigenvalue weighted by Gasteiger charge is -2.15. The molecule has 0 aromatic rings. The van der Waals surface area contributed by atoms with Crippen LogP contribution >= 0.6 is 0 Å². The van der Waals surface area contributed by atoms with Gasteiger partial charge in [0.05, 0.1) is 0 Å². The lowest BCUT2D eigenvalue weighted by molar-refractivity contribution is 0.122. The van der Waals surface area contributed by atoms with Gasteiger partial charge in [-0.3, -0.25) is 0 Å². The number of likely N-dealkylation sites (N-methyl/N-ethyl adjacent to an activating group) is 2. The van der Waals surface area contributed by atoms with E-state index in [4.69, 9.17) is 4.74 Å². The van der Waals surface area contributed by atoms with Crippen molar-refractivity contribution in [3.8, 4) is 0 Å². The van der Waals surface area contributed by atoms with Crippen molar-refractivity contribution in [2.75, 3.05) is 33.8 Å². The molecular formula is C8H16N2O2. The zero-order chi connectivity index (χ0) is 9.40. The van der Waals surface area contributed by atoms with Crippen molar-refractivity contribution in [2.24, 2.45) is 0 Å². The number of hydrogen-bond donors (Lipinski definition) is 1. The Balaban J connectivity index is 3.53. The van der Waals surface area contributed by atoms with Crippen LogP contribution in [0, 0.1) is 0 Å². The summed E-state index contributed by atoms with van der Waals surface area (Å²) in [4.78, 5) is 12.5. The summed E-state index contributed by atoms with van der Waals surface area (Å²) in [5.74, 6) is 0. The predicted molar refractivity (Wildman–Crippen MR) is 48.1 cm³/mol. The smallest absolute Gasteiger partial charge is 0.409 e. The summed E-state index contributed by atoms with van der Waals surface area (Å²) in [7, 11) is 3.53. The van der Waals surface area contributed by atoms with Gasteiger partial charge >= 0.3 is 6.09 Å². The van der Waals surface area contributed by atoms with Crippen LogP contribution in [0.5, 0.6) is 0 Å². The minimum Gasteiger partial charge on any atom is -0.445 e. The molecule has 0 saturated carbocycles. The molecule has 1 N–H and O–H groups in total. The van der Waals surface area contributed by atoms with Crippen LogP contribution < -0.4 is 5.32 Å². The van der Waals surface area contributed by atoms with E-state index in [-0.39, 0.29) is 12.7 Å². The van der Waals surface area contributed by atoms with Crippen molar-refractivity contribution in [3.05, 3.63) is 12.7 Å². The summed E-state index contributed by atoms with van der Waals surface area (Å²) in [5.41, 5.74) is 0. The summed E-state index contributed by atoms with van der Waals surface area (Å²) in [6.45, 7) is 5.12. The van der Waals surface area contributed by atoms with E-state index in [1.165, 1.54) is 4.90 Å². The zero-order valence-corrected chi connectivity index (χ0v) is 7.67. The molecule has 0 atom stereocenters. The SMILES string of the molecule is C=CCOC(=O)N(C)CCNC. The number of rotatable bonds is 5. The highest BCUT2D eigenvalue weighted by Crippen LogP contribution is 1.88. The maximum Gasteiger partial charge on any atom is 0.409 e. The molecule has 0 saturated heterocycles. The van der Waals surface area contributed by atoms with Gasteiger partial charge < -0.3 is 15.0 Å². The number of carbonyl (C=O) groups excluding carboxylic acids is 1. The van der Waals surface area contributed by atoms with Gasteiger partial charge in [0.1, 0.15) is 6.61 Å². The fourth-order valence-corrected chi connectivity index (χ4v) is 0.611.